The third kappa shape index (κ3) is 3.51. The highest BCUT2D eigenvalue weighted by molar-refractivity contribution is 6.53. The third-order valence-electron chi connectivity index (χ3n) is 9.22. The number of hydrogen-bond donors (Lipinski definition) is 2. The number of halogens is 2. The smallest absolute Gasteiger partial charge is 0.253 e. The molecule has 2 aliphatic heterocycles. The molecule has 2 N–H and O–H groups in total. The van der Waals surface area contributed by atoms with Crippen LogP contribution in [0.1, 0.15) is 35.4 Å². The van der Waals surface area contributed by atoms with Crippen molar-refractivity contribution in [3.05, 3.63) is 70.8 Å². The van der Waals surface area contributed by atoms with E-state index in [1.165, 1.54) is 18.0 Å². The molecule has 1 saturated carbocycles. The van der Waals surface area contributed by atoms with Gasteiger partial charge in [0.05, 0.1) is 11.8 Å². The van der Waals surface area contributed by atoms with Gasteiger partial charge in [0.1, 0.15) is 11.5 Å². The van der Waals surface area contributed by atoms with Gasteiger partial charge in [0.25, 0.3) is 11.8 Å². The molecule has 2 aromatic rings. The summed E-state index contributed by atoms with van der Waals surface area (Å²) in [5.74, 6) is -4.39. The first kappa shape index (κ1) is 26.8. The van der Waals surface area contributed by atoms with Crippen LogP contribution in [0.4, 0.5) is 0 Å². The molecule has 2 aliphatic carbocycles. The zero-order chi connectivity index (χ0) is 28.7. The molecule has 2 saturated heterocycles. The van der Waals surface area contributed by atoms with Gasteiger partial charge in [0.15, 0.2) is 9.75 Å². The molecule has 10 heteroatoms. The van der Waals surface area contributed by atoms with Crippen molar-refractivity contribution in [2.45, 2.75) is 41.9 Å². The SMILES string of the molecule is Cc1cc([C@H]2C3=CC[C@@H]4C(=O)N(CCc5ccc(O)cc5)C(=O)[C@@H]4[C@@H]3C[C@@]3(Cl)C(=O)N(C)C(=O)[C@@]23Cl)ccc1O. The van der Waals surface area contributed by atoms with E-state index in [9.17, 15) is 29.4 Å². The van der Waals surface area contributed by atoms with Gasteiger partial charge in [-0.1, -0.05) is 35.9 Å². The molecule has 4 amide bonds. The Morgan fingerprint density at radius 2 is 1.65 bits per heavy atom. The van der Waals surface area contributed by atoms with Gasteiger partial charge >= 0.3 is 0 Å². The molecule has 0 spiro atoms. The van der Waals surface area contributed by atoms with Crippen molar-refractivity contribution < 1.29 is 29.4 Å². The van der Waals surface area contributed by atoms with Crippen LogP contribution in [0.5, 0.6) is 11.5 Å². The van der Waals surface area contributed by atoms with E-state index in [0.29, 0.717) is 24.0 Å². The van der Waals surface area contributed by atoms with Crippen LogP contribution in [0.15, 0.2) is 54.1 Å². The molecule has 4 aliphatic rings. The second-order valence-electron chi connectivity index (χ2n) is 11.3. The maximum absolute atomic E-state index is 13.9. The summed E-state index contributed by atoms with van der Waals surface area (Å²) < 4.78 is 0. The summed E-state index contributed by atoms with van der Waals surface area (Å²) in [4.78, 5) is 53.0. The van der Waals surface area contributed by atoms with Crippen molar-refractivity contribution in [3.8, 4) is 11.5 Å². The number of aromatic hydroxyl groups is 2. The number of phenols is 2. The number of amides is 4. The van der Waals surface area contributed by atoms with Crippen LogP contribution in [0.3, 0.4) is 0 Å². The molecule has 40 heavy (non-hydrogen) atoms. The first-order valence-corrected chi connectivity index (χ1v) is 14.0. The Morgan fingerprint density at radius 3 is 2.33 bits per heavy atom. The van der Waals surface area contributed by atoms with Gasteiger partial charge in [-0.3, -0.25) is 29.0 Å². The van der Waals surface area contributed by atoms with Gasteiger partial charge in [-0.25, -0.2) is 0 Å². The Hall–Kier alpha value is -3.36. The summed E-state index contributed by atoms with van der Waals surface area (Å²) in [5, 5.41) is 19.7. The lowest BCUT2D eigenvalue weighted by Crippen LogP contribution is -2.60. The van der Waals surface area contributed by atoms with Crippen LogP contribution in [-0.4, -0.2) is 67.0 Å². The van der Waals surface area contributed by atoms with E-state index in [1.807, 2.05) is 6.08 Å². The second kappa shape index (κ2) is 9.08. The molecule has 2 heterocycles. The van der Waals surface area contributed by atoms with E-state index < -0.39 is 45.2 Å². The minimum Gasteiger partial charge on any atom is -0.508 e. The van der Waals surface area contributed by atoms with Crippen LogP contribution < -0.4 is 0 Å². The molecule has 0 bridgehead atoms. The van der Waals surface area contributed by atoms with Crippen molar-refractivity contribution in [1.82, 2.24) is 9.80 Å². The fraction of sp³-hybridized carbons (Fsp3) is 0.400. The minimum atomic E-state index is -1.84. The minimum absolute atomic E-state index is 0.0572. The van der Waals surface area contributed by atoms with E-state index in [0.717, 1.165) is 16.0 Å². The summed E-state index contributed by atoms with van der Waals surface area (Å²) in [5.41, 5.74) is 2.75. The number of fused-ring (bicyclic) bond motifs is 4. The molecule has 0 unspecified atom stereocenters. The van der Waals surface area contributed by atoms with Crippen molar-refractivity contribution in [2.24, 2.45) is 17.8 Å². The number of carbonyl (C=O) groups excluding carboxylic acids is 4. The van der Waals surface area contributed by atoms with E-state index in [2.05, 4.69) is 0 Å². The summed E-state index contributed by atoms with van der Waals surface area (Å²) in [6, 6.07) is 11.5. The molecule has 0 aromatic heterocycles. The number of imide groups is 2. The quantitative estimate of drug-likeness (QED) is 0.323. The number of hydrogen-bond acceptors (Lipinski definition) is 6. The number of allylic oxidation sites excluding steroid dienone is 2. The average molecular weight is 583 g/mol. The van der Waals surface area contributed by atoms with E-state index >= 15 is 0 Å². The summed E-state index contributed by atoms with van der Waals surface area (Å²) in [7, 11) is 1.35. The first-order chi connectivity index (χ1) is 18.9. The van der Waals surface area contributed by atoms with Crippen LogP contribution in [-0.2, 0) is 25.6 Å². The normalized spacial score (nSPS) is 33.1. The van der Waals surface area contributed by atoms with Gasteiger partial charge in [-0.15, -0.1) is 23.2 Å². The van der Waals surface area contributed by atoms with Crippen molar-refractivity contribution in [2.75, 3.05) is 13.6 Å². The number of likely N-dealkylation sites (tertiary alicyclic amines) is 2. The number of aryl methyl sites for hydroxylation is 1. The Morgan fingerprint density at radius 1 is 0.950 bits per heavy atom. The maximum atomic E-state index is 13.9. The highest BCUT2D eigenvalue weighted by Gasteiger charge is 2.75. The van der Waals surface area contributed by atoms with Crippen LogP contribution in [0.2, 0.25) is 0 Å². The monoisotopic (exact) mass is 582 g/mol. The summed E-state index contributed by atoms with van der Waals surface area (Å²) in [6.07, 6.45) is 2.56. The van der Waals surface area contributed by atoms with Gasteiger partial charge in [0.2, 0.25) is 11.8 Å². The lowest BCUT2D eigenvalue weighted by atomic mass is 9.56. The van der Waals surface area contributed by atoms with Gasteiger partial charge < -0.3 is 10.2 Å². The Bertz CT molecular complexity index is 1510. The first-order valence-electron chi connectivity index (χ1n) is 13.2. The molecule has 6 rings (SSSR count). The number of nitrogens with zero attached hydrogens (tertiary/aromatic N) is 2. The Labute approximate surface area is 241 Å². The molecular weight excluding hydrogens is 555 g/mol. The second-order valence-corrected chi connectivity index (χ2v) is 12.5. The molecule has 8 nitrogen and oxygen atoms in total. The molecule has 6 atom stereocenters. The Balaban J connectivity index is 1.41. The van der Waals surface area contributed by atoms with Crippen molar-refractivity contribution >= 4 is 46.8 Å². The number of carbonyl (C=O) groups is 4. The fourth-order valence-corrected chi connectivity index (χ4v) is 8.18. The summed E-state index contributed by atoms with van der Waals surface area (Å²) in [6.45, 7) is 1.90. The molecule has 2 aromatic carbocycles. The Kier molecular flexibility index (Phi) is 6.09. The maximum Gasteiger partial charge on any atom is 0.253 e. The van der Waals surface area contributed by atoms with E-state index in [4.69, 9.17) is 23.2 Å². The topological polar surface area (TPSA) is 115 Å². The largest absolute Gasteiger partial charge is 0.508 e. The third-order valence-corrected chi connectivity index (χ3v) is 10.6. The predicted molar refractivity (Wildman–Crippen MR) is 147 cm³/mol. The van der Waals surface area contributed by atoms with Crippen molar-refractivity contribution in [3.63, 3.8) is 0 Å². The lowest BCUT2D eigenvalue weighted by molar-refractivity contribution is -0.141. The lowest BCUT2D eigenvalue weighted by Gasteiger charge is -2.50. The molecular formula is C30H28Cl2N2O6. The molecule has 208 valence electrons. The van der Waals surface area contributed by atoms with Gasteiger partial charge in [-0.2, -0.15) is 0 Å². The highest BCUT2D eigenvalue weighted by Crippen LogP contribution is 2.65. The summed E-state index contributed by atoms with van der Waals surface area (Å²) >= 11 is 14.3. The molecule has 0 radical (unpaired) electrons. The zero-order valence-corrected chi connectivity index (χ0v) is 23.4. The predicted octanol–water partition coefficient (Wildman–Crippen LogP) is 3.64. The number of alkyl halides is 2. The standard InChI is InChI=1S/C30H28Cl2N2O6/c1-15-13-17(5-10-22(15)36)24-19-8-9-20-23(21(19)14-29(31)27(39)33(2)28(40)30(24,29)32)26(38)34(25(20)37)12-11-16-3-6-18(35)7-4-16/h3-8,10,13,20-21,23-24,35-36H,9,11-12,14H2,1-2H3/t20-,21+,23-,24-,29+,30-/m0/s1. The number of phenolic OH excluding ortho intramolecular Hbond substituents is 2. The van der Waals surface area contributed by atoms with Crippen molar-refractivity contribution in [1.29, 1.82) is 0 Å². The van der Waals surface area contributed by atoms with Crippen LogP contribution in [0, 0.1) is 24.7 Å². The zero-order valence-electron chi connectivity index (χ0n) is 21.9. The van der Waals surface area contributed by atoms with Gasteiger partial charge in [0, 0.05) is 19.5 Å². The molecule has 3 fully saturated rings. The van der Waals surface area contributed by atoms with E-state index in [1.54, 1.807) is 43.3 Å². The highest BCUT2D eigenvalue weighted by atomic mass is 35.5. The number of rotatable bonds is 4. The van der Waals surface area contributed by atoms with Crippen LogP contribution in [0.25, 0.3) is 0 Å². The van der Waals surface area contributed by atoms with Crippen LogP contribution >= 0.6 is 23.2 Å². The van der Waals surface area contributed by atoms with Gasteiger partial charge in [-0.05, 0) is 67.0 Å². The average Bonchev–Trinajstić information content (AvgIpc) is 3.24. The number of benzene rings is 2. The fourth-order valence-electron chi connectivity index (χ4n) is 7.17. The van der Waals surface area contributed by atoms with E-state index in [-0.39, 0.29) is 36.3 Å².